The number of hydrogen-bond donors (Lipinski definition) is 1. The zero-order valence-electron chi connectivity index (χ0n) is 21.6. The molecule has 4 heteroatoms. The fraction of sp³-hybridized carbons (Fsp3) is 0.147. The Morgan fingerprint density at radius 1 is 0.763 bits per heavy atom. The van der Waals surface area contributed by atoms with Crippen molar-refractivity contribution in [2.24, 2.45) is 5.92 Å². The lowest BCUT2D eigenvalue weighted by atomic mass is 9.94. The monoisotopic (exact) mass is 502 g/mol. The molecule has 0 bridgehead atoms. The molecule has 1 amide bonds. The number of amides is 1. The highest BCUT2D eigenvalue weighted by Gasteiger charge is 2.28. The lowest BCUT2D eigenvalue weighted by Crippen LogP contribution is -2.14. The number of hydrogen-bond acceptors (Lipinski definition) is 1. The van der Waals surface area contributed by atoms with E-state index in [-0.39, 0.29) is 17.8 Å². The molecule has 0 fully saturated rings. The summed E-state index contributed by atoms with van der Waals surface area (Å²) in [6.45, 7) is 4.41. The second-order valence-corrected chi connectivity index (χ2v) is 9.92. The van der Waals surface area contributed by atoms with Crippen LogP contribution in [0.25, 0.3) is 22.4 Å². The first-order valence-electron chi connectivity index (χ1n) is 13.0. The fourth-order valence-electron chi connectivity index (χ4n) is 4.99. The lowest BCUT2D eigenvalue weighted by Gasteiger charge is -2.25. The summed E-state index contributed by atoms with van der Waals surface area (Å²) in [5.74, 6) is -0.0732. The summed E-state index contributed by atoms with van der Waals surface area (Å²) >= 11 is 0. The van der Waals surface area contributed by atoms with Crippen LogP contribution >= 0.6 is 0 Å². The average molecular weight is 503 g/mol. The second-order valence-electron chi connectivity index (χ2n) is 9.92. The molecule has 1 atom stereocenters. The van der Waals surface area contributed by atoms with Crippen molar-refractivity contribution in [3.05, 3.63) is 138 Å². The number of carbonyl (C=O) groups is 1. The van der Waals surface area contributed by atoms with Crippen molar-refractivity contribution in [2.75, 3.05) is 5.32 Å². The van der Waals surface area contributed by atoms with Crippen LogP contribution in [0.3, 0.4) is 0 Å². The maximum Gasteiger partial charge on any atom is 0.257 e. The second kappa shape index (κ2) is 11.3. The van der Waals surface area contributed by atoms with Gasteiger partial charge in [-0.3, -0.25) is 4.79 Å². The molecular formula is C34H31FN2O. The summed E-state index contributed by atoms with van der Waals surface area (Å²) < 4.78 is 16.2. The van der Waals surface area contributed by atoms with E-state index in [1.54, 1.807) is 12.1 Å². The Morgan fingerprint density at radius 2 is 1.34 bits per heavy atom. The minimum absolute atomic E-state index is 0.0167. The third-order valence-corrected chi connectivity index (χ3v) is 6.70. The molecule has 0 aliphatic rings. The predicted octanol–water partition coefficient (Wildman–Crippen LogP) is 8.85. The molecule has 1 heterocycles. The third kappa shape index (κ3) is 5.45. The van der Waals surface area contributed by atoms with Crippen molar-refractivity contribution in [3.8, 4) is 22.4 Å². The van der Waals surface area contributed by atoms with E-state index in [0.29, 0.717) is 11.5 Å². The van der Waals surface area contributed by atoms with Gasteiger partial charge in [0.2, 0.25) is 0 Å². The Labute approximate surface area is 223 Å². The van der Waals surface area contributed by atoms with Gasteiger partial charge in [0.25, 0.3) is 5.91 Å². The molecule has 190 valence electrons. The van der Waals surface area contributed by atoms with E-state index in [2.05, 4.69) is 35.9 Å². The number of rotatable bonds is 8. The number of anilines is 1. The van der Waals surface area contributed by atoms with E-state index in [4.69, 9.17) is 0 Å². The number of nitrogens with zero attached hydrogens (tertiary/aromatic N) is 1. The standard InChI is InChI=1S/C34H31FN2O/c1-24(2)22-31(25-12-6-3-7-13-25)37-23-30(34(38)36-29-16-10-5-11-17-29)32(26-14-8-4-9-15-26)33(37)27-18-20-28(35)21-19-27/h3-21,23-24,31H,22H2,1-2H3,(H,36,38). The van der Waals surface area contributed by atoms with Crippen LogP contribution in [0.2, 0.25) is 0 Å². The smallest absolute Gasteiger partial charge is 0.257 e. The van der Waals surface area contributed by atoms with Crippen molar-refractivity contribution in [3.63, 3.8) is 0 Å². The molecule has 0 spiro atoms. The summed E-state index contributed by atoms with van der Waals surface area (Å²) in [6.07, 6.45) is 2.85. The van der Waals surface area contributed by atoms with Gasteiger partial charge in [0.05, 0.1) is 17.3 Å². The molecule has 1 N–H and O–H groups in total. The number of nitrogens with one attached hydrogen (secondary N) is 1. The maximum absolute atomic E-state index is 14.0. The minimum atomic E-state index is -0.294. The Morgan fingerprint density at radius 3 is 1.95 bits per heavy atom. The number of aromatic nitrogens is 1. The molecule has 0 aliphatic carbocycles. The Balaban J connectivity index is 1.78. The van der Waals surface area contributed by atoms with E-state index in [9.17, 15) is 9.18 Å². The van der Waals surface area contributed by atoms with Gasteiger partial charge in [0.1, 0.15) is 5.82 Å². The van der Waals surface area contributed by atoms with E-state index in [1.807, 2.05) is 85.1 Å². The van der Waals surface area contributed by atoms with Gasteiger partial charge in [-0.15, -0.1) is 0 Å². The zero-order chi connectivity index (χ0) is 26.5. The molecule has 0 aliphatic heterocycles. The molecule has 1 unspecified atom stereocenters. The van der Waals surface area contributed by atoms with E-state index in [0.717, 1.165) is 40.1 Å². The molecule has 0 saturated carbocycles. The van der Waals surface area contributed by atoms with Crippen molar-refractivity contribution in [1.82, 2.24) is 4.57 Å². The quantitative estimate of drug-likeness (QED) is 0.226. The highest BCUT2D eigenvalue weighted by atomic mass is 19.1. The average Bonchev–Trinajstić information content (AvgIpc) is 3.34. The SMILES string of the molecule is CC(C)CC(c1ccccc1)n1cc(C(=O)Nc2ccccc2)c(-c2ccccc2)c1-c1ccc(F)cc1. The first-order chi connectivity index (χ1) is 18.5. The van der Waals surface area contributed by atoms with Crippen LogP contribution in [0.4, 0.5) is 10.1 Å². The summed E-state index contributed by atoms with van der Waals surface area (Å²) in [7, 11) is 0. The van der Waals surface area contributed by atoms with Gasteiger partial charge >= 0.3 is 0 Å². The van der Waals surface area contributed by atoms with Crippen molar-refractivity contribution in [1.29, 1.82) is 0 Å². The van der Waals surface area contributed by atoms with Crippen LogP contribution in [-0.4, -0.2) is 10.5 Å². The largest absolute Gasteiger partial charge is 0.339 e. The maximum atomic E-state index is 14.0. The number of halogens is 1. The summed E-state index contributed by atoms with van der Waals surface area (Å²) in [5, 5.41) is 3.08. The molecule has 0 saturated heterocycles. The number of benzene rings is 4. The van der Waals surface area contributed by atoms with E-state index >= 15 is 0 Å². The van der Waals surface area contributed by atoms with Gasteiger partial charge in [-0.05, 0) is 65.4 Å². The van der Waals surface area contributed by atoms with Crippen LogP contribution in [0.15, 0.2) is 121 Å². The summed E-state index contributed by atoms with van der Waals surface area (Å²) in [6, 6.07) is 36.3. The number of para-hydroxylation sites is 1. The van der Waals surface area contributed by atoms with Gasteiger partial charge in [-0.2, -0.15) is 0 Å². The van der Waals surface area contributed by atoms with E-state index < -0.39 is 0 Å². The normalized spacial score (nSPS) is 11.9. The third-order valence-electron chi connectivity index (χ3n) is 6.70. The molecule has 0 radical (unpaired) electrons. The summed E-state index contributed by atoms with van der Waals surface area (Å²) in [5.41, 5.74) is 5.97. The van der Waals surface area contributed by atoms with Crippen LogP contribution in [0.1, 0.15) is 42.2 Å². The Hall–Kier alpha value is -4.44. The van der Waals surface area contributed by atoms with Gasteiger partial charge in [-0.25, -0.2) is 4.39 Å². The number of carbonyl (C=O) groups excluding carboxylic acids is 1. The van der Waals surface area contributed by atoms with E-state index in [1.165, 1.54) is 12.1 Å². The first kappa shape index (κ1) is 25.2. The van der Waals surface area contributed by atoms with Crippen LogP contribution in [0.5, 0.6) is 0 Å². The molecule has 38 heavy (non-hydrogen) atoms. The molecule has 5 rings (SSSR count). The van der Waals surface area contributed by atoms with Gasteiger partial charge < -0.3 is 9.88 Å². The Bertz CT molecular complexity index is 1490. The van der Waals surface area contributed by atoms with Gasteiger partial charge in [0, 0.05) is 17.4 Å². The fourth-order valence-corrected chi connectivity index (χ4v) is 4.99. The molecule has 5 aromatic rings. The lowest BCUT2D eigenvalue weighted by molar-refractivity contribution is 0.102. The predicted molar refractivity (Wildman–Crippen MR) is 154 cm³/mol. The summed E-state index contributed by atoms with van der Waals surface area (Å²) in [4.78, 5) is 13.9. The molecule has 4 aromatic carbocycles. The highest BCUT2D eigenvalue weighted by Crippen LogP contribution is 2.41. The topological polar surface area (TPSA) is 34.0 Å². The van der Waals surface area contributed by atoms with Crippen LogP contribution in [0, 0.1) is 11.7 Å². The minimum Gasteiger partial charge on any atom is -0.339 e. The van der Waals surface area contributed by atoms with Crippen molar-refractivity contribution >= 4 is 11.6 Å². The molecule has 1 aromatic heterocycles. The highest BCUT2D eigenvalue weighted by molar-refractivity contribution is 6.11. The van der Waals surface area contributed by atoms with Crippen molar-refractivity contribution in [2.45, 2.75) is 26.3 Å². The van der Waals surface area contributed by atoms with Gasteiger partial charge in [-0.1, -0.05) is 92.7 Å². The van der Waals surface area contributed by atoms with Crippen LogP contribution < -0.4 is 5.32 Å². The Kier molecular flexibility index (Phi) is 7.50. The molecular weight excluding hydrogens is 471 g/mol. The van der Waals surface area contributed by atoms with Crippen LogP contribution in [-0.2, 0) is 0 Å². The van der Waals surface area contributed by atoms with Gasteiger partial charge in [0.15, 0.2) is 0 Å². The first-order valence-corrected chi connectivity index (χ1v) is 13.0. The van der Waals surface area contributed by atoms with Crippen molar-refractivity contribution < 1.29 is 9.18 Å². The molecule has 3 nitrogen and oxygen atoms in total. The zero-order valence-corrected chi connectivity index (χ0v) is 21.6.